The summed E-state index contributed by atoms with van der Waals surface area (Å²) in [6, 6.07) is 5.00. The van der Waals surface area contributed by atoms with E-state index >= 15 is 0 Å². The lowest BCUT2D eigenvalue weighted by Gasteiger charge is -2.38. The number of aryl methyl sites for hydroxylation is 1. The SMILES string of the molecule is CCC(C)[C@H](CC(=O)C(C)(C)N(C)CC(=O)CC(CCCCNC(=O)COCCNC(=O)COCCCC(=O)CCC(NC(=O)CC(=O)O)C(=O)O)C(=O)NNC(=O)CCC(=O)N(CCN1C(=O)C=CC1=O)CCN1C(=O)C=CC1=O)C(=O)N(C)[C@H](C[C@@H](OC(C)=O)c1nc(C(=O)N[C@@H](Cc2ccc(C)cc2)CC(C)C(=O)O)cs1)C(C)C. The summed E-state index contributed by atoms with van der Waals surface area (Å²) in [5, 5.41) is 39.8. The van der Waals surface area contributed by atoms with Crippen molar-refractivity contribution in [3.8, 4) is 0 Å². The molecule has 1 aromatic heterocycles. The van der Waals surface area contributed by atoms with E-state index in [0.29, 0.717) is 12.8 Å². The number of imide groups is 2. The fraction of sp³-hybridized carbons (Fsp3) is 0.600. The van der Waals surface area contributed by atoms with Crippen LogP contribution in [-0.2, 0) is 107 Å². The van der Waals surface area contributed by atoms with Gasteiger partial charge in [0.2, 0.25) is 41.4 Å². The highest BCUT2D eigenvalue weighted by Crippen LogP contribution is 2.34. The van der Waals surface area contributed by atoms with Crippen LogP contribution in [0, 0.1) is 36.5 Å². The molecule has 9 N–H and O–H groups in total. The molecule has 0 aliphatic carbocycles. The lowest BCUT2D eigenvalue weighted by Crippen LogP contribution is -2.52. The summed E-state index contributed by atoms with van der Waals surface area (Å²) in [6.07, 6.45) is 1.82. The second-order valence-corrected chi connectivity index (χ2v) is 31.1. The maximum absolute atomic E-state index is 15.0. The monoisotopic (exact) mass is 1670 g/mol. The number of amides is 12. The van der Waals surface area contributed by atoms with E-state index in [4.69, 9.17) is 19.3 Å². The zero-order valence-corrected chi connectivity index (χ0v) is 69.7. The number of likely N-dealkylation sites (N-methyl/N-ethyl adjacent to an activating group) is 1. The van der Waals surface area contributed by atoms with Crippen molar-refractivity contribution < 1.29 is 121 Å². The summed E-state index contributed by atoms with van der Waals surface area (Å²) >= 11 is 1.08. The number of nitrogens with zero attached hydrogens (tertiary/aromatic N) is 6. The van der Waals surface area contributed by atoms with Crippen LogP contribution in [0.4, 0.5) is 0 Å². The molecule has 37 nitrogen and oxygen atoms in total. The molecule has 2 aliphatic heterocycles. The summed E-state index contributed by atoms with van der Waals surface area (Å²) in [4.78, 5) is 255. The Morgan fingerprint density at radius 1 is 0.653 bits per heavy atom. The quantitative estimate of drug-likeness (QED) is 0.0151. The van der Waals surface area contributed by atoms with Gasteiger partial charge in [-0.25, -0.2) is 9.78 Å². The van der Waals surface area contributed by atoms with E-state index in [2.05, 4.69) is 37.1 Å². The lowest BCUT2D eigenvalue weighted by atomic mass is 9.81. The van der Waals surface area contributed by atoms with Gasteiger partial charge in [-0.1, -0.05) is 77.3 Å². The van der Waals surface area contributed by atoms with E-state index in [-0.39, 0.29) is 164 Å². The first kappa shape index (κ1) is 99.5. The number of aromatic nitrogens is 1. The molecular weight excluding hydrogens is 1560 g/mol. The predicted molar refractivity (Wildman–Crippen MR) is 423 cm³/mol. The molecule has 0 spiro atoms. The smallest absolute Gasteiger partial charge is 0.326 e. The number of hydrazine groups is 1. The number of rotatable bonds is 57. The number of ether oxygens (including phenoxy) is 3. The summed E-state index contributed by atoms with van der Waals surface area (Å²) < 4.78 is 16.5. The molecule has 4 unspecified atom stereocenters. The molecule has 38 heteroatoms. The van der Waals surface area contributed by atoms with Gasteiger partial charge in [0.25, 0.3) is 29.5 Å². The van der Waals surface area contributed by atoms with Crippen LogP contribution in [0.15, 0.2) is 53.9 Å². The number of benzene rings is 1. The average Bonchev–Trinajstić information content (AvgIpc) is 1.24. The van der Waals surface area contributed by atoms with Crippen molar-refractivity contribution >= 4 is 123 Å². The molecule has 12 amide bonds. The van der Waals surface area contributed by atoms with Gasteiger partial charge in [0.15, 0.2) is 11.9 Å². The number of unbranched alkanes of at least 4 members (excludes halogenated alkanes) is 1. The van der Waals surface area contributed by atoms with Gasteiger partial charge < -0.3 is 60.6 Å². The minimum absolute atomic E-state index is 0.00218. The van der Waals surface area contributed by atoms with Gasteiger partial charge in [0.1, 0.15) is 47.9 Å². The molecule has 4 rings (SSSR count). The number of esters is 1. The molecule has 2 aliphatic rings. The normalized spacial score (nSPS) is 14.7. The van der Waals surface area contributed by atoms with E-state index in [9.17, 15) is 101 Å². The van der Waals surface area contributed by atoms with E-state index in [0.717, 1.165) is 56.6 Å². The van der Waals surface area contributed by atoms with Crippen LogP contribution in [0.5, 0.6) is 0 Å². The van der Waals surface area contributed by atoms with Crippen LogP contribution >= 0.6 is 11.3 Å². The Balaban J connectivity index is 1.40. The molecule has 0 fully saturated rings. The molecule has 0 bridgehead atoms. The van der Waals surface area contributed by atoms with Crippen LogP contribution in [0.1, 0.15) is 184 Å². The Bertz CT molecular complexity index is 3890. The number of ketones is 3. The third kappa shape index (κ3) is 34.8. The van der Waals surface area contributed by atoms with Gasteiger partial charge in [-0.3, -0.25) is 112 Å². The molecule has 0 saturated heterocycles. The molecular formula is C80H114N12O25S. The second kappa shape index (κ2) is 50.0. The lowest BCUT2D eigenvalue weighted by molar-refractivity contribution is -0.150. The minimum Gasteiger partial charge on any atom is -0.481 e. The third-order valence-electron chi connectivity index (χ3n) is 20.3. The molecule has 0 radical (unpaired) electrons. The standard InChI is InChI=1S/C80H114N12O25S/c1-12-50(5)58(77(110)89(11)61(48(2)3)42-62(117-52(7)93)76-85-60(47-118-76)75(109)83-55(38-51(6)78(111)112)39-53-20-18-49(4)19-21-53)41-63(96)80(8,9)88(10)44-57(95)40-54(74(108)87-86-64(97)24-25-68(101)90(32-34-91-69(102)26-27-70(91)103)33-35-92-71(104)28-29-72(92)105)16-13-14-30-81-66(99)46-116-37-31-82-67(100)45-115-36-15-17-56(94)22-23-59(79(113)114)84-65(98)43-73(106)107/h18-21,26-29,47-48,50-51,54-55,58-59,61-62H,12-17,22-25,30-46H2,1-11H3,(H,81,99)(H,82,100)(H,83,109)(H,84,98)(H,86,97)(H,87,108)(H,106,107)(H,111,112)(H,113,114)/t50?,51?,54?,55-,58+,59?,61-,62-/m1/s1. The van der Waals surface area contributed by atoms with Crippen LogP contribution in [0.25, 0.3) is 0 Å². The second-order valence-electron chi connectivity index (χ2n) is 30.2. The van der Waals surface area contributed by atoms with Crippen molar-refractivity contribution in [2.45, 2.75) is 195 Å². The van der Waals surface area contributed by atoms with Crippen LogP contribution in [0.3, 0.4) is 0 Å². The van der Waals surface area contributed by atoms with Crippen molar-refractivity contribution in [2.75, 3.05) is 86.3 Å². The fourth-order valence-electron chi connectivity index (χ4n) is 12.7. The Morgan fingerprint density at radius 3 is 1.81 bits per heavy atom. The highest BCUT2D eigenvalue weighted by Gasteiger charge is 2.41. The molecule has 118 heavy (non-hydrogen) atoms. The summed E-state index contributed by atoms with van der Waals surface area (Å²) in [5.74, 6) is -17.0. The Morgan fingerprint density at radius 2 is 1.25 bits per heavy atom. The first-order chi connectivity index (χ1) is 55.6. The first-order valence-electron chi connectivity index (χ1n) is 39.2. The number of carboxylic acids is 3. The van der Waals surface area contributed by atoms with Gasteiger partial charge in [-0.2, -0.15) is 0 Å². The molecule has 1 aromatic carbocycles. The van der Waals surface area contributed by atoms with Crippen molar-refractivity contribution in [3.05, 3.63) is 75.8 Å². The number of carboxylic acid groups (broad SMARTS) is 3. The van der Waals surface area contributed by atoms with E-state index in [1.54, 1.807) is 27.8 Å². The van der Waals surface area contributed by atoms with E-state index in [1.165, 1.54) is 34.1 Å². The predicted octanol–water partition coefficient (Wildman–Crippen LogP) is 2.50. The highest BCUT2D eigenvalue weighted by atomic mass is 32.1. The number of nitrogens with one attached hydrogen (secondary N) is 6. The van der Waals surface area contributed by atoms with Gasteiger partial charge in [-0.15, -0.1) is 11.3 Å². The van der Waals surface area contributed by atoms with Crippen molar-refractivity contribution in [3.63, 3.8) is 0 Å². The van der Waals surface area contributed by atoms with Gasteiger partial charge in [0, 0.05) is 158 Å². The van der Waals surface area contributed by atoms with E-state index in [1.807, 2.05) is 58.9 Å². The number of carbonyl (C=O) groups is 19. The zero-order chi connectivity index (χ0) is 88.1. The largest absolute Gasteiger partial charge is 0.481 e. The Labute approximate surface area is 689 Å². The van der Waals surface area contributed by atoms with Gasteiger partial charge >= 0.3 is 23.9 Å². The van der Waals surface area contributed by atoms with Gasteiger partial charge in [0.05, 0.1) is 24.6 Å². The fourth-order valence-corrected chi connectivity index (χ4v) is 13.6. The van der Waals surface area contributed by atoms with Crippen molar-refractivity contribution in [1.82, 2.24) is 61.6 Å². The molecule has 650 valence electrons. The molecule has 8 atom stereocenters. The number of hydrogen-bond acceptors (Lipinski definition) is 25. The maximum Gasteiger partial charge on any atom is 0.326 e. The number of Topliss-reactive ketones (excluding diaryl/α,β-unsaturated/α-hetero) is 3. The first-order valence-corrected chi connectivity index (χ1v) is 40.1. The summed E-state index contributed by atoms with van der Waals surface area (Å²) in [6.45, 7) is 13.3. The van der Waals surface area contributed by atoms with Crippen molar-refractivity contribution in [1.29, 1.82) is 0 Å². The van der Waals surface area contributed by atoms with Crippen LogP contribution in [-0.4, -0.2) is 267 Å². The average molecular weight is 1680 g/mol. The van der Waals surface area contributed by atoms with E-state index < -0.39 is 180 Å². The highest BCUT2D eigenvalue weighted by molar-refractivity contribution is 7.09. The summed E-state index contributed by atoms with van der Waals surface area (Å²) in [5.41, 5.74) is 5.13. The topological polar surface area (TPSA) is 514 Å². The molecule has 2 aromatic rings. The third-order valence-corrected chi connectivity index (χ3v) is 21.3. The minimum atomic E-state index is -1.46. The Hall–Kier alpha value is -10.9. The number of thiazole rings is 1. The number of aliphatic carboxylic acids is 3. The van der Waals surface area contributed by atoms with Crippen molar-refractivity contribution in [2.24, 2.45) is 29.6 Å². The van der Waals surface area contributed by atoms with Crippen LogP contribution in [0.2, 0.25) is 0 Å². The van der Waals surface area contributed by atoms with Crippen LogP contribution < -0.4 is 32.1 Å². The zero-order valence-electron chi connectivity index (χ0n) is 68.9. The summed E-state index contributed by atoms with van der Waals surface area (Å²) in [7, 11) is 3.14. The number of carbonyl (C=O) groups excluding carboxylic acids is 16. The maximum atomic E-state index is 15.0. The molecule has 3 heterocycles. The van der Waals surface area contributed by atoms with Gasteiger partial charge in [-0.05, 0) is 83.7 Å². The Kier molecular flexibility index (Phi) is 42.2. The molecule has 0 saturated carbocycles. The number of hydrogen-bond donors (Lipinski definition) is 9.